The van der Waals surface area contributed by atoms with Gasteiger partial charge >= 0.3 is 0 Å². The molecule has 2 N–H and O–H groups in total. The number of nitrogens with one attached hydrogen (secondary N) is 2. The molecule has 3 heterocycles. The number of aromatic amines is 1. The lowest BCUT2D eigenvalue weighted by Crippen LogP contribution is -2.43. The Kier molecular flexibility index (Phi) is 5.42. The quantitative estimate of drug-likeness (QED) is 0.848. The highest BCUT2D eigenvalue weighted by molar-refractivity contribution is 5.79. The molecule has 1 aliphatic rings. The highest BCUT2D eigenvalue weighted by Gasteiger charge is 2.26. The molecule has 132 valence electrons. The Morgan fingerprint density at radius 1 is 1.44 bits per heavy atom. The zero-order chi connectivity index (χ0) is 17.6. The minimum atomic E-state index is -0.160. The summed E-state index contributed by atoms with van der Waals surface area (Å²) in [5, 5.41) is 2.97. The summed E-state index contributed by atoms with van der Waals surface area (Å²) in [5.74, 6) is 1.53. The van der Waals surface area contributed by atoms with Gasteiger partial charge in [-0.05, 0) is 31.9 Å². The Morgan fingerprint density at radius 3 is 3.08 bits per heavy atom. The Balaban J connectivity index is 1.51. The van der Waals surface area contributed by atoms with Gasteiger partial charge in [-0.3, -0.25) is 9.59 Å². The van der Waals surface area contributed by atoms with E-state index < -0.39 is 0 Å². The molecule has 1 amide bonds. The fourth-order valence-electron chi connectivity index (χ4n) is 3.17. The van der Waals surface area contributed by atoms with Gasteiger partial charge in [0.15, 0.2) is 0 Å². The van der Waals surface area contributed by atoms with Gasteiger partial charge in [-0.15, -0.1) is 0 Å². The van der Waals surface area contributed by atoms with E-state index in [1.54, 1.807) is 13.1 Å². The SMILES string of the molecule is Cc1nc(CCNC(=O)[C@@H]2CCCN(c3ccccn3)C2)cc(=O)[nH]1. The lowest BCUT2D eigenvalue weighted by Gasteiger charge is -2.32. The van der Waals surface area contributed by atoms with Gasteiger partial charge < -0.3 is 15.2 Å². The van der Waals surface area contributed by atoms with Crippen LogP contribution in [0.25, 0.3) is 0 Å². The number of hydrogen-bond donors (Lipinski definition) is 2. The van der Waals surface area contributed by atoms with E-state index in [-0.39, 0.29) is 17.4 Å². The number of aromatic nitrogens is 3. The lowest BCUT2D eigenvalue weighted by atomic mass is 9.97. The number of nitrogens with zero attached hydrogens (tertiary/aromatic N) is 3. The van der Waals surface area contributed by atoms with Crippen molar-refractivity contribution >= 4 is 11.7 Å². The lowest BCUT2D eigenvalue weighted by molar-refractivity contribution is -0.125. The maximum absolute atomic E-state index is 12.5. The van der Waals surface area contributed by atoms with Crippen molar-refractivity contribution in [1.29, 1.82) is 0 Å². The minimum absolute atomic E-state index is 0.0374. The number of carbonyl (C=O) groups is 1. The van der Waals surface area contributed by atoms with Crippen molar-refractivity contribution in [1.82, 2.24) is 20.3 Å². The first kappa shape index (κ1) is 17.1. The van der Waals surface area contributed by atoms with Crippen LogP contribution < -0.4 is 15.8 Å². The summed E-state index contributed by atoms with van der Waals surface area (Å²) in [4.78, 5) is 37.3. The maximum Gasteiger partial charge on any atom is 0.251 e. The van der Waals surface area contributed by atoms with Crippen molar-refractivity contribution in [2.45, 2.75) is 26.2 Å². The molecule has 0 bridgehead atoms. The fraction of sp³-hybridized carbons (Fsp3) is 0.444. The van der Waals surface area contributed by atoms with E-state index in [1.807, 2.05) is 18.2 Å². The second-order valence-electron chi connectivity index (χ2n) is 6.34. The molecule has 1 saturated heterocycles. The molecule has 2 aromatic heterocycles. The van der Waals surface area contributed by atoms with Gasteiger partial charge in [-0.2, -0.15) is 0 Å². The van der Waals surface area contributed by atoms with Crippen LogP contribution in [0.5, 0.6) is 0 Å². The summed E-state index contributed by atoms with van der Waals surface area (Å²) in [5.41, 5.74) is 0.535. The van der Waals surface area contributed by atoms with Crippen molar-refractivity contribution in [3.05, 3.63) is 52.3 Å². The number of rotatable bonds is 5. The van der Waals surface area contributed by atoms with Crippen LogP contribution >= 0.6 is 0 Å². The number of hydrogen-bond acceptors (Lipinski definition) is 5. The van der Waals surface area contributed by atoms with Crippen molar-refractivity contribution in [3.63, 3.8) is 0 Å². The van der Waals surface area contributed by atoms with Crippen LogP contribution in [0, 0.1) is 12.8 Å². The zero-order valence-corrected chi connectivity index (χ0v) is 14.4. The maximum atomic E-state index is 12.5. The van der Waals surface area contributed by atoms with Gasteiger partial charge in [0.1, 0.15) is 11.6 Å². The summed E-state index contributed by atoms with van der Waals surface area (Å²) in [6.45, 7) is 3.84. The van der Waals surface area contributed by atoms with Crippen molar-refractivity contribution in [3.8, 4) is 0 Å². The van der Waals surface area contributed by atoms with Crippen LogP contribution in [-0.4, -0.2) is 40.5 Å². The summed E-state index contributed by atoms with van der Waals surface area (Å²) in [6.07, 6.45) is 4.18. The largest absolute Gasteiger partial charge is 0.356 e. The second kappa shape index (κ2) is 7.92. The molecule has 1 aliphatic heterocycles. The van der Waals surface area contributed by atoms with Crippen LogP contribution in [0.2, 0.25) is 0 Å². The molecule has 7 nitrogen and oxygen atoms in total. The first-order valence-corrected chi connectivity index (χ1v) is 8.62. The van der Waals surface area contributed by atoms with Gasteiger partial charge in [0, 0.05) is 44.0 Å². The van der Waals surface area contributed by atoms with E-state index >= 15 is 0 Å². The first-order chi connectivity index (χ1) is 12.1. The molecule has 0 unspecified atom stereocenters. The van der Waals surface area contributed by atoms with Gasteiger partial charge in [0.2, 0.25) is 5.91 Å². The number of amides is 1. The molecule has 25 heavy (non-hydrogen) atoms. The minimum Gasteiger partial charge on any atom is -0.356 e. The molecule has 1 atom stereocenters. The van der Waals surface area contributed by atoms with Gasteiger partial charge in [0.05, 0.1) is 5.92 Å². The third kappa shape index (κ3) is 4.65. The number of anilines is 1. The number of aryl methyl sites for hydroxylation is 1. The molecule has 0 radical (unpaired) electrons. The van der Waals surface area contributed by atoms with Gasteiger partial charge in [0.25, 0.3) is 5.56 Å². The normalized spacial score (nSPS) is 17.3. The highest BCUT2D eigenvalue weighted by atomic mass is 16.2. The Bertz CT molecular complexity index is 775. The number of pyridine rings is 1. The molecule has 3 rings (SSSR count). The van der Waals surface area contributed by atoms with Crippen LogP contribution in [-0.2, 0) is 11.2 Å². The van der Waals surface area contributed by atoms with Crippen molar-refractivity contribution in [2.75, 3.05) is 24.5 Å². The molecular formula is C18H23N5O2. The monoisotopic (exact) mass is 341 g/mol. The fourth-order valence-corrected chi connectivity index (χ4v) is 3.17. The van der Waals surface area contributed by atoms with Crippen LogP contribution in [0.15, 0.2) is 35.3 Å². The highest BCUT2D eigenvalue weighted by Crippen LogP contribution is 2.21. The summed E-state index contributed by atoms with van der Waals surface area (Å²) >= 11 is 0. The Hall–Kier alpha value is -2.70. The standard InChI is InChI=1S/C18H23N5O2/c1-13-21-15(11-17(24)22-13)7-9-20-18(25)14-5-4-10-23(12-14)16-6-2-3-8-19-16/h2-3,6,8,11,14H,4-5,7,9-10,12H2,1H3,(H,20,25)(H,21,22,24)/t14-/m1/s1. The summed E-state index contributed by atoms with van der Waals surface area (Å²) in [7, 11) is 0. The van der Waals surface area contributed by atoms with Crippen molar-refractivity contribution < 1.29 is 4.79 Å². The van der Waals surface area contributed by atoms with E-state index in [0.29, 0.717) is 31.0 Å². The van der Waals surface area contributed by atoms with Crippen molar-refractivity contribution in [2.24, 2.45) is 5.92 Å². The third-order valence-corrected chi connectivity index (χ3v) is 4.36. The van der Waals surface area contributed by atoms with Crippen LogP contribution in [0.1, 0.15) is 24.4 Å². The van der Waals surface area contributed by atoms with Crippen LogP contribution in [0.4, 0.5) is 5.82 Å². The second-order valence-corrected chi connectivity index (χ2v) is 6.34. The number of carbonyl (C=O) groups excluding carboxylic acids is 1. The average Bonchev–Trinajstić information content (AvgIpc) is 2.62. The Labute approximate surface area is 146 Å². The van der Waals surface area contributed by atoms with Gasteiger partial charge in [-0.25, -0.2) is 9.97 Å². The smallest absolute Gasteiger partial charge is 0.251 e. The van der Waals surface area contributed by atoms with E-state index in [4.69, 9.17) is 0 Å². The summed E-state index contributed by atoms with van der Waals surface area (Å²) in [6, 6.07) is 7.30. The Morgan fingerprint density at radius 2 is 2.32 bits per heavy atom. The third-order valence-electron chi connectivity index (χ3n) is 4.36. The number of piperidine rings is 1. The van der Waals surface area contributed by atoms with E-state index in [1.165, 1.54) is 6.07 Å². The van der Waals surface area contributed by atoms with Crippen LogP contribution in [0.3, 0.4) is 0 Å². The molecule has 2 aromatic rings. The molecule has 0 spiro atoms. The molecular weight excluding hydrogens is 318 g/mol. The zero-order valence-electron chi connectivity index (χ0n) is 14.4. The first-order valence-electron chi connectivity index (χ1n) is 8.62. The summed E-state index contributed by atoms with van der Waals surface area (Å²) < 4.78 is 0. The molecule has 1 fully saturated rings. The predicted molar refractivity (Wildman–Crippen MR) is 95.5 cm³/mol. The van der Waals surface area contributed by atoms with E-state index in [0.717, 1.165) is 25.2 Å². The van der Waals surface area contributed by atoms with E-state index in [9.17, 15) is 9.59 Å². The van der Waals surface area contributed by atoms with Gasteiger partial charge in [-0.1, -0.05) is 6.07 Å². The molecule has 0 aromatic carbocycles. The predicted octanol–water partition coefficient (Wildman–Crippen LogP) is 1.05. The molecule has 0 aliphatic carbocycles. The molecule has 0 saturated carbocycles. The average molecular weight is 341 g/mol. The molecule has 7 heteroatoms. The van der Waals surface area contributed by atoms with E-state index in [2.05, 4.69) is 25.2 Å². The topological polar surface area (TPSA) is 91.0 Å². The number of H-pyrrole nitrogens is 1.